The van der Waals surface area contributed by atoms with Gasteiger partial charge in [0.1, 0.15) is 0 Å². The second-order valence-electron chi connectivity index (χ2n) is 2.64. The minimum Gasteiger partial charge on any atom is -0.456 e. The van der Waals surface area contributed by atoms with Crippen molar-refractivity contribution in [2.24, 2.45) is 0 Å². The first kappa shape index (κ1) is 10.2. The Bertz CT molecular complexity index is 222. The summed E-state index contributed by atoms with van der Waals surface area (Å²) in [5.74, 6) is -5.96. The fourth-order valence-corrected chi connectivity index (χ4v) is 0.963. The van der Waals surface area contributed by atoms with Crippen LogP contribution in [0.3, 0.4) is 0 Å². The first-order valence-corrected chi connectivity index (χ1v) is 3.39. The van der Waals surface area contributed by atoms with E-state index in [2.05, 4.69) is 4.74 Å². The van der Waals surface area contributed by atoms with Crippen LogP contribution in [0.25, 0.3) is 0 Å². The monoisotopic (exact) mass is 204 g/mol. The Hall–Kier alpha value is -0.880. The van der Waals surface area contributed by atoms with E-state index in [1.807, 2.05) is 0 Å². The van der Waals surface area contributed by atoms with Crippen molar-refractivity contribution in [1.82, 2.24) is 0 Å². The summed E-state index contributed by atoms with van der Waals surface area (Å²) < 4.78 is 63.7. The van der Waals surface area contributed by atoms with E-state index in [0.717, 1.165) is 0 Å². The number of hydrogen-bond donors (Lipinski definition) is 0. The first-order chi connectivity index (χ1) is 5.75. The van der Waals surface area contributed by atoms with Crippen molar-refractivity contribution in [2.45, 2.75) is 31.0 Å². The number of hydrogen-bond acceptors (Lipinski definition) is 2. The number of halogens is 5. The third-order valence-electron chi connectivity index (χ3n) is 1.67. The average Bonchev–Trinajstić information content (AvgIpc) is 2.33. The summed E-state index contributed by atoms with van der Waals surface area (Å²) in [6.07, 6.45) is -9.01. The highest BCUT2D eigenvalue weighted by atomic mass is 19.4. The summed E-state index contributed by atoms with van der Waals surface area (Å²) in [7, 11) is 0. The van der Waals surface area contributed by atoms with E-state index in [1.54, 1.807) is 0 Å². The van der Waals surface area contributed by atoms with Crippen molar-refractivity contribution in [3.63, 3.8) is 0 Å². The minimum atomic E-state index is -5.66. The molecule has 13 heavy (non-hydrogen) atoms. The number of alkyl halides is 5. The van der Waals surface area contributed by atoms with Gasteiger partial charge in [-0.05, 0) is 0 Å². The largest absolute Gasteiger partial charge is 0.457 e. The minimum absolute atomic E-state index is 0.393. The van der Waals surface area contributed by atoms with E-state index >= 15 is 0 Å². The lowest BCUT2D eigenvalue weighted by atomic mass is 10.1. The predicted molar refractivity (Wildman–Crippen MR) is 30.1 cm³/mol. The maximum Gasteiger partial charge on any atom is 0.457 e. The Morgan fingerprint density at radius 2 is 1.77 bits per heavy atom. The van der Waals surface area contributed by atoms with Gasteiger partial charge in [0, 0.05) is 12.8 Å². The Morgan fingerprint density at radius 3 is 2.08 bits per heavy atom. The number of carbonyl (C=O) groups is 1. The lowest BCUT2D eigenvalue weighted by molar-refractivity contribution is -0.310. The van der Waals surface area contributed by atoms with Crippen molar-refractivity contribution in [3.8, 4) is 0 Å². The molecule has 0 aromatic carbocycles. The zero-order valence-corrected chi connectivity index (χ0v) is 6.20. The highest BCUT2D eigenvalue weighted by Gasteiger charge is 2.65. The molecular formula is C6H5F5O2. The molecule has 1 fully saturated rings. The fraction of sp³-hybridized carbons (Fsp3) is 0.833. The van der Waals surface area contributed by atoms with Crippen LogP contribution in [-0.4, -0.2) is 24.2 Å². The molecule has 0 aliphatic carbocycles. The number of carbonyl (C=O) groups excluding carboxylic acids is 1. The Kier molecular flexibility index (Phi) is 2.21. The SMILES string of the molecule is O=C1CCC(C(F)(F)C(F)(F)F)O1. The maximum absolute atomic E-state index is 12.4. The van der Waals surface area contributed by atoms with Crippen LogP contribution in [0.4, 0.5) is 22.0 Å². The molecule has 7 heteroatoms. The van der Waals surface area contributed by atoms with Crippen LogP contribution in [0.1, 0.15) is 12.8 Å². The molecule has 76 valence electrons. The summed E-state index contributed by atoms with van der Waals surface area (Å²) in [4.78, 5) is 10.3. The molecular weight excluding hydrogens is 199 g/mol. The van der Waals surface area contributed by atoms with Gasteiger partial charge in [0.05, 0.1) is 0 Å². The molecule has 0 aromatic rings. The van der Waals surface area contributed by atoms with Gasteiger partial charge in [-0.1, -0.05) is 0 Å². The predicted octanol–water partition coefficient (Wildman–Crippen LogP) is 1.89. The van der Waals surface area contributed by atoms with Gasteiger partial charge >= 0.3 is 18.1 Å². The summed E-state index contributed by atoms with van der Waals surface area (Å²) in [6, 6.07) is 0. The molecule has 1 rings (SSSR count). The summed E-state index contributed by atoms with van der Waals surface area (Å²) in [5.41, 5.74) is 0. The van der Waals surface area contributed by atoms with Gasteiger partial charge in [-0.2, -0.15) is 22.0 Å². The topological polar surface area (TPSA) is 26.3 Å². The van der Waals surface area contributed by atoms with Crippen molar-refractivity contribution < 1.29 is 31.5 Å². The van der Waals surface area contributed by atoms with E-state index in [0.29, 0.717) is 0 Å². The molecule has 0 aromatic heterocycles. The van der Waals surface area contributed by atoms with Gasteiger partial charge < -0.3 is 4.74 Å². The van der Waals surface area contributed by atoms with Crippen LogP contribution in [0.2, 0.25) is 0 Å². The molecule has 1 unspecified atom stereocenters. The van der Waals surface area contributed by atoms with Crippen LogP contribution in [0.15, 0.2) is 0 Å². The Balaban J connectivity index is 2.76. The van der Waals surface area contributed by atoms with Crippen LogP contribution >= 0.6 is 0 Å². The Labute approximate surface area is 69.7 Å². The quantitative estimate of drug-likeness (QED) is 0.481. The first-order valence-electron chi connectivity index (χ1n) is 3.39. The zero-order chi connectivity index (χ0) is 10.3. The summed E-state index contributed by atoms with van der Waals surface area (Å²) in [5, 5.41) is 0. The van der Waals surface area contributed by atoms with E-state index < -0.39 is 37.0 Å². The lowest BCUT2D eigenvalue weighted by Gasteiger charge is -2.23. The molecule has 2 nitrogen and oxygen atoms in total. The number of ether oxygens (including phenoxy) is 1. The maximum atomic E-state index is 12.4. The van der Waals surface area contributed by atoms with Crippen molar-refractivity contribution in [2.75, 3.05) is 0 Å². The number of esters is 1. The van der Waals surface area contributed by atoms with Crippen molar-refractivity contribution >= 4 is 5.97 Å². The third-order valence-corrected chi connectivity index (χ3v) is 1.67. The van der Waals surface area contributed by atoms with Gasteiger partial charge in [-0.3, -0.25) is 4.79 Å². The second kappa shape index (κ2) is 2.81. The molecule has 0 bridgehead atoms. The molecule has 0 saturated carbocycles. The van der Waals surface area contributed by atoms with Crippen LogP contribution in [-0.2, 0) is 9.53 Å². The van der Waals surface area contributed by atoms with E-state index in [9.17, 15) is 26.7 Å². The van der Waals surface area contributed by atoms with Crippen molar-refractivity contribution in [1.29, 1.82) is 0 Å². The highest BCUT2D eigenvalue weighted by molar-refractivity contribution is 5.71. The molecule has 0 amide bonds. The third kappa shape index (κ3) is 1.73. The highest BCUT2D eigenvalue weighted by Crippen LogP contribution is 2.42. The zero-order valence-electron chi connectivity index (χ0n) is 6.20. The number of cyclic esters (lactones) is 1. The van der Waals surface area contributed by atoms with Crippen LogP contribution < -0.4 is 0 Å². The molecule has 0 N–H and O–H groups in total. The molecule has 0 radical (unpaired) electrons. The molecule has 1 aliphatic heterocycles. The smallest absolute Gasteiger partial charge is 0.456 e. The molecule has 1 heterocycles. The van der Waals surface area contributed by atoms with Gasteiger partial charge in [0.25, 0.3) is 0 Å². The molecule has 1 aliphatic rings. The number of rotatable bonds is 1. The lowest BCUT2D eigenvalue weighted by Crippen LogP contribution is -2.46. The summed E-state index contributed by atoms with van der Waals surface area (Å²) in [6.45, 7) is 0. The molecule has 1 atom stereocenters. The fourth-order valence-electron chi connectivity index (χ4n) is 0.963. The van der Waals surface area contributed by atoms with Gasteiger partial charge in [0.2, 0.25) is 0 Å². The normalized spacial score (nSPS) is 24.7. The standard InChI is InChI=1S/C6H5F5O2/c7-5(8,6(9,10)11)3-1-2-4(12)13-3/h3H,1-2H2. The Morgan fingerprint density at radius 1 is 1.23 bits per heavy atom. The second-order valence-corrected chi connectivity index (χ2v) is 2.64. The van der Waals surface area contributed by atoms with Gasteiger partial charge in [0.15, 0.2) is 6.10 Å². The van der Waals surface area contributed by atoms with E-state index in [4.69, 9.17) is 0 Å². The average molecular weight is 204 g/mol. The van der Waals surface area contributed by atoms with E-state index in [-0.39, 0.29) is 0 Å². The van der Waals surface area contributed by atoms with Gasteiger partial charge in [-0.15, -0.1) is 0 Å². The van der Waals surface area contributed by atoms with Crippen LogP contribution in [0, 0.1) is 0 Å². The van der Waals surface area contributed by atoms with Crippen LogP contribution in [0.5, 0.6) is 0 Å². The summed E-state index contributed by atoms with van der Waals surface area (Å²) >= 11 is 0. The molecule has 0 spiro atoms. The molecule has 1 saturated heterocycles. The van der Waals surface area contributed by atoms with Crippen molar-refractivity contribution in [3.05, 3.63) is 0 Å². The van der Waals surface area contributed by atoms with E-state index in [1.165, 1.54) is 0 Å². The van der Waals surface area contributed by atoms with Gasteiger partial charge in [-0.25, -0.2) is 0 Å².